The van der Waals surface area contributed by atoms with Crippen LogP contribution in [-0.4, -0.2) is 10.1 Å². The van der Waals surface area contributed by atoms with Gasteiger partial charge in [-0.05, 0) is 32.0 Å². The molecule has 0 spiro atoms. The molecule has 0 aliphatic rings. The SMILES string of the molecule is CC(C)(N)c1noc(-c2cccc(Br)c2)n1. The zero-order valence-corrected chi connectivity index (χ0v) is 10.7. The lowest BCUT2D eigenvalue weighted by molar-refractivity contribution is 0.397. The molecule has 0 bridgehead atoms. The van der Waals surface area contributed by atoms with Crippen LogP contribution >= 0.6 is 15.9 Å². The molecule has 1 aromatic heterocycles. The van der Waals surface area contributed by atoms with Crippen molar-refractivity contribution in [3.63, 3.8) is 0 Å². The van der Waals surface area contributed by atoms with Crippen molar-refractivity contribution >= 4 is 15.9 Å². The summed E-state index contributed by atoms with van der Waals surface area (Å²) in [6, 6.07) is 7.68. The summed E-state index contributed by atoms with van der Waals surface area (Å²) in [6.45, 7) is 3.67. The van der Waals surface area contributed by atoms with Crippen molar-refractivity contribution in [1.29, 1.82) is 0 Å². The minimum absolute atomic E-state index is 0.481. The summed E-state index contributed by atoms with van der Waals surface area (Å²) in [5.74, 6) is 0.984. The third-order valence-electron chi connectivity index (χ3n) is 2.07. The quantitative estimate of drug-likeness (QED) is 0.919. The van der Waals surface area contributed by atoms with Gasteiger partial charge in [0.1, 0.15) is 0 Å². The Balaban J connectivity index is 2.39. The zero-order valence-electron chi connectivity index (χ0n) is 9.07. The highest BCUT2D eigenvalue weighted by Gasteiger charge is 2.21. The fourth-order valence-corrected chi connectivity index (χ4v) is 1.62. The van der Waals surface area contributed by atoms with Crippen LogP contribution in [0.5, 0.6) is 0 Å². The lowest BCUT2D eigenvalue weighted by atomic mass is 10.1. The topological polar surface area (TPSA) is 64.9 Å². The first-order valence-electron chi connectivity index (χ1n) is 4.86. The van der Waals surface area contributed by atoms with Crippen molar-refractivity contribution < 1.29 is 4.52 Å². The minimum atomic E-state index is -0.590. The minimum Gasteiger partial charge on any atom is -0.334 e. The number of nitrogens with two attached hydrogens (primary N) is 1. The van der Waals surface area contributed by atoms with Gasteiger partial charge in [-0.1, -0.05) is 27.2 Å². The van der Waals surface area contributed by atoms with Crippen molar-refractivity contribution in [2.24, 2.45) is 5.73 Å². The molecule has 1 heterocycles. The van der Waals surface area contributed by atoms with E-state index in [4.69, 9.17) is 10.3 Å². The third kappa shape index (κ3) is 2.31. The highest BCUT2D eigenvalue weighted by molar-refractivity contribution is 9.10. The third-order valence-corrected chi connectivity index (χ3v) is 2.57. The average molecular weight is 282 g/mol. The number of nitrogens with zero attached hydrogens (tertiary/aromatic N) is 2. The Kier molecular flexibility index (Phi) is 2.82. The van der Waals surface area contributed by atoms with E-state index in [0.717, 1.165) is 10.0 Å². The van der Waals surface area contributed by atoms with Gasteiger partial charge in [0.05, 0.1) is 5.54 Å². The number of aromatic nitrogens is 2. The van der Waals surface area contributed by atoms with Crippen molar-refractivity contribution in [2.75, 3.05) is 0 Å². The van der Waals surface area contributed by atoms with Gasteiger partial charge in [-0.25, -0.2) is 0 Å². The molecule has 4 nitrogen and oxygen atoms in total. The second-order valence-electron chi connectivity index (χ2n) is 4.16. The fraction of sp³-hybridized carbons (Fsp3) is 0.273. The molecule has 0 unspecified atom stereocenters. The van der Waals surface area contributed by atoms with Gasteiger partial charge in [-0.2, -0.15) is 4.98 Å². The number of benzene rings is 1. The van der Waals surface area contributed by atoms with E-state index in [-0.39, 0.29) is 0 Å². The van der Waals surface area contributed by atoms with E-state index in [2.05, 4.69) is 26.1 Å². The first-order valence-corrected chi connectivity index (χ1v) is 5.65. The molecule has 16 heavy (non-hydrogen) atoms. The van der Waals surface area contributed by atoms with Crippen LogP contribution in [0.1, 0.15) is 19.7 Å². The smallest absolute Gasteiger partial charge is 0.258 e. The summed E-state index contributed by atoms with van der Waals surface area (Å²) >= 11 is 3.39. The first kappa shape index (κ1) is 11.3. The number of halogens is 1. The molecule has 2 N–H and O–H groups in total. The summed E-state index contributed by atoms with van der Waals surface area (Å²) in [5, 5.41) is 3.87. The van der Waals surface area contributed by atoms with Crippen LogP contribution in [0.2, 0.25) is 0 Å². The molecule has 0 fully saturated rings. The van der Waals surface area contributed by atoms with E-state index in [9.17, 15) is 0 Å². The van der Waals surface area contributed by atoms with E-state index in [1.807, 2.05) is 38.1 Å². The summed E-state index contributed by atoms with van der Waals surface area (Å²) in [7, 11) is 0. The normalized spacial score (nSPS) is 11.8. The Bertz CT molecular complexity index is 502. The molecule has 0 aliphatic carbocycles. The van der Waals surface area contributed by atoms with E-state index < -0.39 is 5.54 Å². The Morgan fingerprint density at radius 3 is 2.69 bits per heavy atom. The molecule has 84 valence electrons. The fourth-order valence-electron chi connectivity index (χ4n) is 1.22. The van der Waals surface area contributed by atoms with Gasteiger partial charge in [-0.15, -0.1) is 0 Å². The summed E-state index contributed by atoms with van der Waals surface area (Å²) in [5.41, 5.74) is 6.17. The van der Waals surface area contributed by atoms with Crippen LogP contribution in [0.3, 0.4) is 0 Å². The summed E-state index contributed by atoms with van der Waals surface area (Å²) < 4.78 is 6.14. The second kappa shape index (κ2) is 3.99. The predicted octanol–water partition coefficient (Wildman–Crippen LogP) is 2.69. The number of hydrogen-bond acceptors (Lipinski definition) is 4. The molecule has 5 heteroatoms. The summed E-state index contributed by atoms with van der Waals surface area (Å²) in [6.07, 6.45) is 0. The van der Waals surface area contributed by atoms with Crippen molar-refractivity contribution in [1.82, 2.24) is 10.1 Å². The summed E-state index contributed by atoms with van der Waals surface area (Å²) in [4.78, 5) is 4.27. The molecule has 0 radical (unpaired) electrons. The van der Waals surface area contributed by atoms with E-state index >= 15 is 0 Å². The lowest BCUT2D eigenvalue weighted by Gasteiger charge is -2.11. The molecule has 0 atom stereocenters. The highest BCUT2D eigenvalue weighted by Crippen LogP contribution is 2.23. The maximum Gasteiger partial charge on any atom is 0.258 e. The van der Waals surface area contributed by atoms with E-state index in [0.29, 0.717) is 11.7 Å². The lowest BCUT2D eigenvalue weighted by Crippen LogP contribution is -2.30. The Hall–Kier alpha value is -1.20. The number of hydrogen-bond donors (Lipinski definition) is 1. The Labute approximate surface area is 102 Å². The van der Waals surface area contributed by atoms with Gasteiger partial charge in [0, 0.05) is 10.0 Å². The molecule has 1 aromatic carbocycles. The maximum atomic E-state index is 5.88. The molecular formula is C11H12BrN3O. The average Bonchev–Trinajstić information content (AvgIpc) is 2.65. The molecule has 0 saturated heterocycles. The van der Waals surface area contributed by atoms with E-state index in [1.54, 1.807) is 0 Å². The van der Waals surface area contributed by atoms with Crippen LogP contribution in [0.15, 0.2) is 33.3 Å². The first-order chi connectivity index (χ1) is 7.47. The van der Waals surface area contributed by atoms with Crippen molar-refractivity contribution in [2.45, 2.75) is 19.4 Å². The van der Waals surface area contributed by atoms with Gasteiger partial charge >= 0.3 is 0 Å². The van der Waals surface area contributed by atoms with Crippen molar-refractivity contribution in [3.8, 4) is 11.5 Å². The Morgan fingerprint density at radius 2 is 2.12 bits per heavy atom. The van der Waals surface area contributed by atoms with Gasteiger partial charge in [0.25, 0.3) is 5.89 Å². The largest absolute Gasteiger partial charge is 0.334 e. The van der Waals surface area contributed by atoms with Crippen molar-refractivity contribution in [3.05, 3.63) is 34.6 Å². The predicted molar refractivity (Wildman–Crippen MR) is 64.6 cm³/mol. The molecule has 2 aromatic rings. The van der Waals surface area contributed by atoms with Gasteiger partial charge in [0.15, 0.2) is 5.82 Å². The van der Waals surface area contributed by atoms with Gasteiger partial charge in [0.2, 0.25) is 0 Å². The highest BCUT2D eigenvalue weighted by atomic mass is 79.9. The van der Waals surface area contributed by atoms with Crippen LogP contribution in [0.25, 0.3) is 11.5 Å². The molecule has 0 saturated carbocycles. The van der Waals surface area contributed by atoms with Gasteiger partial charge < -0.3 is 10.3 Å². The number of rotatable bonds is 2. The maximum absolute atomic E-state index is 5.88. The Morgan fingerprint density at radius 1 is 1.38 bits per heavy atom. The standard InChI is InChI=1S/C11H12BrN3O/c1-11(2,13)10-14-9(16-15-10)7-4-3-5-8(12)6-7/h3-6H,13H2,1-2H3. The molecule has 0 amide bonds. The van der Waals surface area contributed by atoms with Crippen LogP contribution < -0.4 is 5.73 Å². The second-order valence-corrected chi connectivity index (χ2v) is 5.07. The van der Waals surface area contributed by atoms with E-state index in [1.165, 1.54) is 0 Å². The zero-order chi connectivity index (χ0) is 11.8. The molecule has 2 rings (SSSR count). The van der Waals surface area contributed by atoms with Crippen LogP contribution in [0, 0.1) is 0 Å². The van der Waals surface area contributed by atoms with Crippen LogP contribution in [-0.2, 0) is 5.54 Å². The van der Waals surface area contributed by atoms with Crippen LogP contribution in [0.4, 0.5) is 0 Å². The molecular weight excluding hydrogens is 270 g/mol. The molecule has 0 aliphatic heterocycles. The van der Waals surface area contributed by atoms with Gasteiger partial charge in [-0.3, -0.25) is 0 Å². The monoisotopic (exact) mass is 281 g/mol.